The summed E-state index contributed by atoms with van der Waals surface area (Å²) in [6.07, 6.45) is -0.0263. The van der Waals surface area contributed by atoms with Crippen LogP contribution in [0.3, 0.4) is 0 Å². The molecule has 1 aromatic rings. The van der Waals surface area contributed by atoms with Gasteiger partial charge in [-0.2, -0.15) is 0 Å². The van der Waals surface area contributed by atoms with Crippen molar-refractivity contribution in [2.45, 2.75) is 6.42 Å². The number of nitro groups is 1. The number of rotatable bonds is 1. The van der Waals surface area contributed by atoms with Gasteiger partial charge in [-0.3, -0.25) is 15.0 Å². The smallest absolute Gasteiger partial charge is 0.414 e. The number of methoxy groups -OCH3 is 1. The van der Waals surface area contributed by atoms with Gasteiger partial charge in [-0.05, 0) is 12.0 Å². The summed E-state index contributed by atoms with van der Waals surface area (Å²) in [7, 11) is 1.25. The molecule has 0 aliphatic carbocycles. The predicted octanol–water partition coefficient (Wildman–Crippen LogP) is 2.58. The summed E-state index contributed by atoms with van der Waals surface area (Å²) in [5, 5.41) is 11.0. The van der Waals surface area contributed by atoms with E-state index >= 15 is 0 Å². The molecule has 1 aliphatic heterocycles. The highest BCUT2D eigenvalue weighted by Gasteiger charge is 2.31. The van der Waals surface area contributed by atoms with Crippen LogP contribution >= 0.6 is 0 Å². The summed E-state index contributed by atoms with van der Waals surface area (Å²) in [5.74, 6) is 0. The van der Waals surface area contributed by atoms with Crippen molar-refractivity contribution < 1.29 is 14.5 Å². The van der Waals surface area contributed by atoms with Crippen LogP contribution in [0.25, 0.3) is 5.57 Å². The third-order valence-corrected chi connectivity index (χ3v) is 2.89. The van der Waals surface area contributed by atoms with E-state index in [0.29, 0.717) is 18.5 Å². The lowest BCUT2D eigenvalue weighted by Crippen LogP contribution is -2.35. The Bertz CT molecular complexity index is 525. The van der Waals surface area contributed by atoms with Crippen molar-refractivity contribution in [3.63, 3.8) is 0 Å². The van der Waals surface area contributed by atoms with Crippen LogP contribution in [-0.4, -0.2) is 24.7 Å². The van der Waals surface area contributed by atoms with E-state index in [2.05, 4.69) is 11.3 Å². The second-order valence-corrected chi connectivity index (χ2v) is 3.91. The number of anilines is 1. The summed E-state index contributed by atoms with van der Waals surface area (Å²) in [6, 6.07) is 4.68. The number of carbonyl (C=O) groups excluding carboxylic acids is 1. The maximum absolute atomic E-state index is 11.7. The van der Waals surface area contributed by atoms with Crippen molar-refractivity contribution in [1.29, 1.82) is 0 Å². The zero-order valence-electron chi connectivity index (χ0n) is 9.88. The van der Waals surface area contributed by atoms with E-state index in [1.165, 1.54) is 18.1 Å². The largest absolute Gasteiger partial charge is 0.452 e. The van der Waals surface area contributed by atoms with Crippen LogP contribution < -0.4 is 4.90 Å². The monoisotopic (exact) mass is 248 g/mol. The molecule has 1 aromatic carbocycles. The summed E-state index contributed by atoms with van der Waals surface area (Å²) in [4.78, 5) is 23.5. The van der Waals surface area contributed by atoms with E-state index in [4.69, 9.17) is 0 Å². The van der Waals surface area contributed by atoms with Crippen molar-refractivity contribution >= 4 is 23.0 Å². The molecule has 0 fully saturated rings. The molecule has 0 unspecified atom stereocenters. The van der Waals surface area contributed by atoms with Crippen LogP contribution in [0.5, 0.6) is 0 Å². The van der Waals surface area contributed by atoms with E-state index in [1.807, 2.05) is 0 Å². The Hall–Kier alpha value is -2.37. The van der Waals surface area contributed by atoms with Gasteiger partial charge in [-0.25, -0.2) is 4.79 Å². The lowest BCUT2D eigenvalue weighted by molar-refractivity contribution is -0.384. The average molecular weight is 248 g/mol. The highest BCUT2D eigenvalue weighted by atomic mass is 16.6. The Morgan fingerprint density at radius 2 is 2.28 bits per heavy atom. The molecule has 94 valence electrons. The Morgan fingerprint density at radius 1 is 1.56 bits per heavy atom. The Morgan fingerprint density at radius 3 is 2.89 bits per heavy atom. The molecule has 1 aliphatic rings. The van der Waals surface area contributed by atoms with E-state index < -0.39 is 11.0 Å². The number of fused-ring (bicyclic) bond motifs is 1. The second kappa shape index (κ2) is 4.48. The molecule has 18 heavy (non-hydrogen) atoms. The average Bonchev–Trinajstić information content (AvgIpc) is 2.37. The van der Waals surface area contributed by atoms with Crippen LogP contribution in [-0.2, 0) is 4.74 Å². The first-order valence-corrected chi connectivity index (χ1v) is 5.37. The molecule has 0 N–H and O–H groups in total. The number of para-hydroxylation sites is 1. The molecule has 0 atom stereocenters. The quantitative estimate of drug-likeness (QED) is 0.565. The molecule has 1 amide bonds. The van der Waals surface area contributed by atoms with Gasteiger partial charge in [0, 0.05) is 18.2 Å². The van der Waals surface area contributed by atoms with E-state index in [9.17, 15) is 14.9 Å². The van der Waals surface area contributed by atoms with Crippen LogP contribution in [0, 0.1) is 10.1 Å². The van der Waals surface area contributed by atoms with Gasteiger partial charge in [-0.15, -0.1) is 0 Å². The molecule has 0 aromatic heterocycles. The number of nitro benzene ring substituents is 1. The molecule has 0 saturated heterocycles. The van der Waals surface area contributed by atoms with Crippen LogP contribution in [0.15, 0.2) is 24.8 Å². The zero-order chi connectivity index (χ0) is 13.3. The van der Waals surface area contributed by atoms with Gasteiger partial charge in [0.25, 0.3) is 5.69 Å². The lowest BCUT2D eigenvalue weighted by atomic mass is 9.96. The minimum Gasteiger partial charge on any atom is -0.452 e. The van der Waals surface area contributed by atoms with Crippen molar-refractivity contribution in [1.82, 2.24) is 0 Å². The fourth-order valence-corrected chi connectivity index (χ4v) is 2.03. The minimum absolute atomic E-state index is 0.112. The molecule has 6 heteroatoms. The minimum atomic E-state index is -0.599. The van der Waals surface area contributed by atoms with Gasteiger partial charge in [-0.1, -0.05) is 18.7 Å². The fourth-order valence-electron chi connectivity index (χ4n) is 2.03. The molecular weight excluding hydrogens is 236 g/mol. The first-order chi connectivity index (χ1) is 8.56. The summed E-state index contributed by atoms with van der Waals surface area (Å²) < 4.78 is 4.65. The predicted molar refractivity (Wildman–Crippen MR) is 66.5 cm³/mol. The number of amides is 1. The Balaban J connectivity index is 2.63. The SMILES string of the molecule is C=C1CCN(C(=O)OC)c2c1cccc2[N+](=O)[O-]. The summed E-state index contributed by atoms with van der Waals surface area (Å²) in [5.41, 5.74) is 1.57. The standard InChI is InChI=1S/C12H12N2O4/c1-8-6-7-13(12(15)18-2)11-9(8)4-3-5-10(11)14(16)17/h3-5H,1,6-7H2,2H3. The van der Waals surface area contributed by atoms with Crippen molar-refractivity contribution in [2.75, 3.05) is 18.6 Å². The van der Waals surface area contributed by atoms with Crippen molar-refractivity contribution in [3.05, 3.63) is 40.5 Å². The van der Waals surface area contributed by atoms with Crippen LogP contribution in [0.1, 0.15) is 12.0 Å². The van der Waals surface area contributed by atoms with Crippen molar-refractivity contribution in [3.8, 4) is 0 Å². The van der Waals surface area contributed by atoms with Gasteiger partial charge >= 0.3 is 6.09 Å². The second-order valence-electron chi connectivity index (χ2n) is 3.91. The van der Waals surface area contributed by atoms with Gasteiger partial charge in [0.05, 0.1) is 12.0 Å². The maximum Gasteiger partial charge on any atom is 0.414 e. The number of hydrogen-bond acceptors (Lipinski definition) is 4. The summed E-state index contributed by atoms with van der Waals surface area (Å²) >= 11 is 0. The summed E-state index contributed by atoms with van der Waals surface area (Å²) in [6.45, 7) is 4.21. The number of nitrogens with zero attached hydrogens (tertiary/aromatic N) is 2. The topological polar surface area (TPSA) is 72.7 Å². The third-order valence-electron chi connectivity index (χ3n) is 2.89. The molecule has 6 nitrogen and oxygen atoms in total. The first-order valence-electron chi connectivity index (χ1n) is 5.37. The van der Waals surface area contributed by atoms with Gasteiger partial charge in [0.15, 0.2) is 0 Å². The number of ether oxygens (including phenoxy) is 1. The molecule has 1 heterocycles. The Labute approximate surface area is 104 Å². The lowest BCUT2D eigenvalue weighted by Gasteiger charge is -2.28. The zero-order valence-corrected chi connectivity index (χ0v) is 9.88. The molecule has 0 spiro atoms. The van der Waals surface area contributed by atoms with Gasteiger partial charge in [0.2, 0.25) is 0 Å². The maximum atomic E-state index is 11.7. The van der Waals surface area contributed by atoms with E-state index in [0.717, 1.165) is 5.57 Å². The molecule has 0 saturated carbocycles. The first kappa shape index (κ1) is 12.1. The molecule has 0 bridgehead atoms. The normalized spacial score (nSPS) is 14.1. The van der Waals surface area contributed by atoms with Gasteiger partial charge < -0.3 is 4.74 Å². The van der Waals surface area contributed by atoms with Gasteiger partial charge in [0.1, 0.15) is 5.69 Å². The molecular formula is C12H12N2O4. The molecule has 0 radical (unpaired) electrons. The third kappa shape index (κ3) is 1.81. The molecule has 2 rings (SSSR count). The highest BCUT2D eigenvalue weighted by molar-refractivity contribution is 5.97. The fraction of sp³-hybridized carbons (Fsp3) is 0.250. The van der Waals surface area contributed by atoms with E-state index in [1.54, 1.807) is 12.1 Å². The number of hydrogen-bond donors (Lipinski definition) is 0. The van der Waals surface area contributed by atoms with E-state index in [-0.39, 0.29) is 11.4 Å². The van der Waals surface area contributed by atoms with Crippen molar-refractivity contribution in [2.24, 2.45) is 0 Å². The van der Waals surface area contributed by atoms with Crippen LogP contribution in [0.4, 0.5) is 16.2 Å². The number of carbonyl (C=O) groups is 1. The number of benzene rings is 1. The van der Waals surface area contributed by atoms with Crippen LogP contribution in [0.2, 0.25) is 0 Å². The highest BCUT2D eigenvalue weighted by Crippen LogP contribution is 2.40. The Kier molecular flexibility index (Phi) is 3.01.